The fourth-order valence-corrected chi connectivity index (χ4v) is 3.64. The lowest BCUT2D eigenvalue weighted by atomic mass is 9.94. The number of aliphatic hydroxyl groups excluding tert-OH is 1. The molecular formula is C26H35N3O6. The molecule has 2 aromatic carbocycles. The molecule has 0 radical (unpaired) electrons. The van der Waals surface area contributed by atoms with Gasteiger partial charge in [0, 0.05) is 12.2 Å². The molecule has 1 atom stereocenters. The van der Waals surface area contributed by atoms with Crippen LogP contribution in [0.1, 0.15) is 43.5 Å². The van der Waals surface area contributed by atoms with Gasteiger partial charge in [-0.25, -0.2) is 4.79 Å². The summed E-state index contributed by atoms with van der Waals surface area (Å²) in [5.74, 6) is -0.353. The number of methoxy groups -OCH3 is 1. The number of alkyl carbamates (subject to hydrolysis) is 1. The third-order valence-electron chi connectivity index (χ3n) is 5.18. The van der Waals surface area contributed by atoms with Crippen LogP contribution in [-0.4, -0.2) is 60.3 Å². The Hall–Kier alpha value is -3.59. The van der Waals surface area contributed by atoms with Gasteiger partial charge >= 0.3 is 6.09 Å². The lowest BCUT2D eigenvalue weighted by molar-refractivity contribution is -0.138. The number of carbonyl (C=O) groups is 3. The molecule has 2 rings (SSSR count). The van der Waals surface area contributed by atoms with Crippen LogP contribution in [0.2, 0.25) is 0 Å². The molecule has 3 N–H and O–H groups in total. The molecule has 0 saturated carbocycles. The van der Waals surface area contributed by atoms with Crippen molar-refractivity contribution in [2.75, 3.05) is 32.1 Å². The summed E-state index contributed by atoms with van der Waals surface area (Å²) in [5, 5.41) is 15.0. The van der Waals surface area contributed by atoms with Crippen LogP contribution >= 0.6 is 0 Å². The van der Waals surface area contributed by atoms with Crippen molar-refractivity contribution < 1.29 is 29.0 Å². The highest BCUT2D eigenvalue weighted by atomic mass is 16.6. The number of rotatable bonds is 9. The van der Waals surface area contributed by atoms with Crippen molar-refractivity contribution in [3.8, 4) is 5.75 Å². The van der Waals surface area contributed by atoms with E-state index >= 15 is 0 Å². The zero-order valence-corrected chi connectivity index (χ0v) is 21.2. The number of aryl methyl sites for hydroxylation is 2. The summed E-state index contributed by atoms with van der Waals surface area (Å²) in [7, 11) is 1.55. The number of nitrogens with one attached hydrogen (secondary N) is 2. The second-order valence-electron chi connectivity index (χ2n) is 9.09. The fourth-order valence-electron chi connectivity index (χ4n) is 3.64. The monoisotopic (exact) mass is 485 g/mol. The van der Waals surface area contributed by atoms with Crippen molar-refractivity contribution in [1.82, 2.24) is 10.2 Å². The Bertz CT molecular complexity index is 1010. The van der Waals surface area contributed by atoms with E-state index in [9.17, 15) is 19.5 Å². The highest BCUT2D eigenvalue weighted by Gasteiger charge is 2.33. The zero-order chi connectivity index (χ0) is 26.2. The summed E-state index contributed by atoms with van der Waals surface area (Å²) in [6, 6.07) is 11.4. The number of hydrogen-bond donors (Lipinski definition) is 3. The van der Waals surface area contributed by atoms with Crippen LogP contribution in [0.3, 0.4) is 0 Å². The predicted octanol–water partition coefficient (Wildman–Crippen LogP) is 3.34. The Kier molecular flexibility index (Phi) is 9.65. The lowest BCUT2D eigenvalue weighted by Crippen LogP contribution is -2.48. The smallest absolute Gasteiger partial charge is 0.408 e. The summed E-state index contributed by atoms with van der Waals surface area (Å²) in [6.45, 7) is 7.99. The molecular weight excluding hydrogens is 450 g/mol. The normalized spacial score (nSPS) is 11.9. The quantitative estimate of drug-likeness (QED) is 0.502. The van der Waals surface area contributed by atoms with Crippen LogP contribution in [0.4, 0.5) is 10.5 Å². The van der Waals surface area contributed by atoms with Gasteiger partial charge in [0.05, 0.1) is 13.7 Å². The Morgan fingerprint density at radius 2 is 1.63 bits per heavy atom. The maximum Gasteiger partial charge on any atom is 0.408 e. The molecule has 0 bridgehead atoms. The summed E-state index contributed by atoms with van der Waals surface area (Å²) in [6.07, 6.45) is -0.749. The minimum absolute atomic E-state index is 0.108. The number of nitrogens with zero attached hydrogens (tertiary/aromatic N) is 1. The van der Waals surface area contributed by atoms with Crippen molar-refractivity contribution in [3.05, 3.63) is 59.2 Å². The second-order valence-corrected chi connectivity index (χ2v) is 9.09. The van der Waals surface area contributed by atoms with Gasteiger partial charge in [-0.1, -0.05) is 18.2 Å². The third-order valence-corrected chi connectivity index (χ3v) is 5.18. The molecule has 1 unspecified atom stereocenters. The molecule has 35 heavy (non-hydrogen) atoms. The molecule has 0 aliphatic heterocycles. The van der Waals surface area contributed by atoms with Gasteiger partial charge in [0.1, 0.15) is 23.9 Å². The number of ether oxygens (including phenoxy) is 2. The van der Waals surface area contributed by atoms with Gasteiger partial charge in [0.25, 0.3) is 5.91 Å². The molecule has 0 fully saturated rings. The van der Waals surface area contributed by atoms with Crippen LogP contribution in [-0.2, 0) is 14.3 Å². The largest absolute Gasteiger partial charge is 0.497 e. The maximum atomic E-state index is 13.6. The van der Waals surface area contributed by atoms with E-state index in [1.165, 1.54) is 4.90 Å². The molecule has 9 heteroatoms. The van der Waals surface area contributed by atoms with E-state index in [0.29, 0.717) is 17.0 Å². The molecule has 190 valence electrons. The Balaban J connectivity index is 2.38. The molecule has 2 aromatic rings. The van der Waals surface area contributed by atoms with E-state index in [1.54, 1.807) is 52.1 Å². The first kappa shape index (κ1) is 27.7. The number of carbonyl (C=O) groups excluding carboxylic acids is 3. The summed E-state index contributed by atoms with van der Waals surface area (Å²) >= 11 is 0. The van der Waals surface area contributed by atoms with Crippen molar-refractivity contribution in [2.45, 2.75) is 46.3 Å². The average Bonchev–Trinajstić information content (AvgIpc) is 2.78. The molecule has 3 amide bonds. The standard InChI is InChI=1S/C26H35N3O6/c1-17-8-7-9-18(2)22(17)23(24(32)28-19-10-12-20(34-6)13-11-19)29(14-15-30)21(31)16-27-25(33)35-26(3,4)5/h7-13,23,30H,14-16H2,1-6H3,(H,27,33)(H,28,32). The zero-order valence-electron chi connectivity index (χ0n) is 21.2. The topological polar surface area (TPSA) is 117 Å². The van der Waals surface area contributed by atoms with E-state index < -0.39 is 36.1 Å². The molecule has 0 spiro atoms. The van der Waals surface area contributed by atoms with Crippen LogP contribution in [0, 0.1) is 13.8 Å². The molecule has 0 aliphatic rings. The van der Waals surface area contributed by atoms with Gasteiger partial charge in [-0.05, 0) is 75.6 Å². The molecule has 0 heterocycles. The van der Waals surface area contributed by atoms with Crippen LogP contribution in [0.5, 0.6) is 5.75 Å². The number of amides is 3. The minimum Gasteiger partial charge on any atom is -0.497 e. The number of benzene rings is 2. The SMILES string of the molecule is COc1ccc(NC(=O)C(c2c(C)cccc2C)N(CCO)C(=O)CNC(=O)OC(C)(C)C)cc1. The van der Waals surface area contributed by atoms with E-state index in [2.05, 4.69) is 10.6 Å². The number of hydrogen-bond acceptors (Lipinski definition) is 6. The first-order chi connectivity index (χ1) is 16.5. The maximum absolute atomic E-state index is 13.6. The van der Waals surface area contributed by atoms with E-state index in [4.69, 9.17) is 9.47 Å². The summed E-state index contributed by atoms with van der Waals surface area (Å²) in [5.41, 5.74) is 2.08. The molecule has 0 saturated heterocycles. The molecule has 0 aromatic heterocycles. The van der Waals surface area contributed by atoms with E-state index in [0.717, 1.165) is 11.1 Å². The summed E-state index contributed by atoms with van der Waals surface area (Å²) in [4.78, 5) is 40.2. The van der Waals surface area contributed by atoms with Gasteiger partial charge in [-0.3, -0.25) is 9.59 Å². The molecule has 9 nitrogen and oxygen atoms in total. The van der Waals surface area contributed by atoms with Gasteiger partial charge < -0.3 is 30.1 Å². The average molecular weight is 486 g/mol. The van der Waals surface area contributed by atoms with Crippen molar-refractivity contribution in [2.24, 2.45) is 0 Å². The van der Waals surface area contributed by atoms with Gasteiger partial charge in [-0.2, -0.15) is 0 Å². The van der Waals surface area contributed by atoms with Crippen LogP contribution in [0.15, 0.2) is 42.5 Å². The second kappa shape index (κ2) is 12.2. The molecule has 0 aliphatic carbocycles. The Morgan fingerprint density at radius 1 is 1.03 bits per heavy atom. The first-order valence-corrected chi connectivity index (χ1v) is 11.3. The van der Waals surface area contributed by atoms with E-state index in [1.807, 2.05) is 32.0 Å². The first-order valence-electron chi connectivity index (χ1n) is 11.3. The Labute approximate surface area is 206 Å². The predicted molar refractivity (Wildman–Crippen MR) is 133 cm³/mol. The summed E-state index contributed by atoms with van der Waals surface area (Å²) < 4.78 is 10.4. The van der Waals surface area contributed by atoms with Gasteiger partial charge in [0.2, 0.25) is 5.91 Å². The van der Waals surface area contributed by atoms with Gasteiger partial charge in [-0.15, -0.1) is 0 Å². The number of anilines is 1. The highest BCUT2D eigenvalue weighted by molar-refractivity contribution is 5.98. The van der Waals surface area contributed by atoms with Crippen LogP contribution < -0.4 is 15.4 Å². The van der Waals surface area contributed by atoms with Crippen LogP contribution in [0.25, 0.3) is 0 Å². The number of aliphatic hydroxyl groups is 1. The Morgan fingerprint density at radius 3 is 2.14 bits per heavy atom. The third kappa shape index (κ3) is 7.99. The van der Waals surface area contributed by atoms with Crippen molar-refractivity contribution in [3.63, 3.8) is 0 Å². The van der Waals surface area contributed by atoms with Crippen molar-refractivity contribution in [1.29, 1.82) is 0 Å². The van der Waals surface area contributed by atoms with Gasteiger partial charge in [0.15, 0.2) is 0 Å². The van der Waals surface area contributed by atoms with Crippen molar-refractivity contribution >= 4 is 23.6 Å². The highest BCUT2D eigenvalue weighted by Crippen LogP contribution is 2.29. The lowest BCUT2D eigenvalue weighted by Gasteiger charge is -2.33. The van der Waals surface area contributed by atoms with E-state index in [-0.39, 0.29) is 13.2 Å². The fraction of sp³-hybridized carbons (Fsp3) is 0.423. The minimum atomic E-state index is -1.04.